The van der Waals surface area contributed by atoms with Crippen LogP contribution in [0.25, 0.3) is 0 Å². The Morgan fingerprint density at radius 3 is 2.67 bits per heavy atom. The van der Waals surface area contributed by atoms with Gasteiger partial charge in [0.05, 0.1) is 4.88 Å². The number of amides is 2. The fraction of sp³-hybridized carbons (Fsp3) is 0.261. The molecule has 1 aliphatic carbocycles. The van der Waals surface area contributed by atoms with Crippen LogP contribution in [0.2, 0.25) is 0 Å². The Bertz CT molecular complexity index is 997. The lowest BCUT2D eigenvalue weighted by molar-refractivity contribution is 0.0949. The van der Waals surface area contributed by atoms with Crippen molar-refractivity contribution in [3.05, 3.63) is 76.1 Å². The molecule has 0 atom stereocenters. The highest BCUT2D eigenvalue weighted by atomic mass is 32.1. The Morgan fingerprint density at radius 1 is 1.07 bits per heavy atom. The minimum atomic E-state index is -0.214. The van der Waals surface area contributed by atoms with Gasteiger partial charge in [-0.1, -0.05) is 18.2 Å². The Balaban J connectivity index is 1.31. The van der Waals surface area contributed by atoms with E-state index in [4.69, 9.17) is 4.74 Å². The minimum Gasteiger partial charge on any atom is -0.474 e. The third-order valence-corrected chi connectivity index (χ3v) is 5.84. The molecule has 1 aromatic carbocycles. The van der Waals surface area contributed by atoms with Crippen molar-refractivity contribution in [2.24, 2.45) is 0 Å². The maximum Gasteiger partial charge on any atom is 0.265 e. The summed E-state index contributed by atoms with van der Waals surface area (Å²) in [6.45, 7) is 0.362. The lowest BCUT2D eigenvalue weighted by atomic mass is 10.1. The van der Waals surface area contributed by atoms with Gasteiger partial charge in [0.2, 0.25) is 5.88 Å². The van der Waals surface area contributed by atoms with E-state index in [1.807, 2.05) is 23.6 Å². The molecule has 6 nitrogen and oxygen atoms in total. The Kier molecular flexibility index (Phi) is 6.39. The first kappa shape index (κ1) is 20.1. The topological polar surface area (TPSA) is 80.3 Å². The van der Waals surface area contributed by atoms with Gasteiger partial charge >= 0.3 is 0 Å². The fourth-order valence-electron chi connectivity index (χ4n) is 3.39. The molecule has 7 heteroatoms. The van der Waals surface area contributed by atoms with Crippen molar-refractivity contribution in [2.75, 3.05) is 5.32 Å². The van der Waals surface area contributed by atoms with Gasteiger partial charge in [-0.15, -0.1) is 11.3 Å². The monoisotopic (exact) mass is 421 g/mol. The van der Waals surface area contributed by atoms with E-state index in [2.05, 4.69) is 15.6 Å². The van der Waals surface area contributed by atoms with Gasteiger partial charge in [-0.3, -0.25) is 9.59 Å². The highest BCUT2D eigenvalue weighted by molar-refractivity contribution is 7.12. The van der Waals surface area contributed by atoms with Gasteiger partial charge in [0.15, 0.2) is 0 Å². The van der Waals surface area contributed by atoms with E-state index < -0.39 is 0 Å². The summed E-state index contributed by atoms with van der Waals surface area (Å²) >= 11 is 1.37. The third kappa shape index (κ3) is 5.24. The number of carbonyl (C=O) groups excluding carboxylic acids is 2. The number of pyridine rings is 1. The number of hydrogen-bond donors (Lipinski definition) is 2. The van der Waals surface area contributed by atoms with Crippen LogP contribution in [0.1, 0.15) is 51.3 Å². The Labute approximate surface area is 179 Å². The molecule has 0 radical (unpaired) electrons. The maximum atomic E-state index is 12.5. The van der Waals surface area contributed by atoms with E-state index in [1.165, 1.54) is 24.2 Å². The van der Waals surface area contributed by atoms with Crippen molar-refractivity contribution in [3.63, 3.8) is 0 Å². The van der Waals surface area contributed by atoms with E-state index in [0.717, 1.165) is 18.4 Å². The molecule has 0 bridgehead atoms. The number of rotatable bonds is 7. The summed E-state index contributed by atoms with van der Waals surface area (Å²) in [5, 5.41) is 7.55. The van der Waals surface area contributed by atoms with Crippen LogP contribution < -0.4 is 15.4 Å². The lowest BCUT2D eigenvalue weighted by Crippen LogP contribution is -2.23. The van der Waals surface area contributed by atoms with Gasteiger partial charge < -0.3 is 15.4 Å². The first-order valence-corrected chi connectivity index (χ1v) is 10.9. The first-order valence-electron chi connectivity index (χ1n) is 10.0. The van der Waals surface area contributed by atoms with Crippen LogP contribution in [0.3, 0.4) is 0 Å². The summed E-state index contributed by atoms with van der Waals surface area (Å²) in [4.78, 5) is 29.7. The predicted molar refractivity (Wildman–Crippen MR) is 117 cm³/mol. The fourth-order valence-corrected chi connectivity index (χ4v) is 4.00. The van der Waals surface area contributed by atoms with E-state index >= 15 is 0 Å². The van der Waals surface area contributed by atoms with Gasteiger partial charge in [0.1, 0.15) is 6.10 Å². The van der Waals surface area contributed by atoms with Gasteiger partial charge in [-0.25, -0.2) is 4.98 Å². The number of nitrogens with one attached hydrogen (secondary N) is 2. The molecular formula is C23H23N3O3S. The second kappa shape index (κ2) is 9.54. The Hall–Kier alpha value is -3.19. The molecule has 0 saturated heterocycles. The number of carbonyl (C=O) groups is 2. The second-order valence-corrected chi connectivity index (χ2v) is 8.17. The summed E-state index contributed by atoms with van der Waals surface area (Å²) < 4.78 is 5.86. The molecular weight excluding hydrogens is 398 g/mol. The van der Waals surface area contributed by atoms with Crippen LogP contribution in [0.4, 0.5) is 5.69 Å². The summed E-state index contributed by atoms with van der Waals surface area (Å²) in [7, 11) is 0. The van der Waals surface area contributed by atoms with Crippen molar-refractivity contribution in [2.45, 2.75) is 38.3 Å². The van der Waals surface area contributed by atoms with Crippen molar-refractivity contribution >= 4 is 28.8 Å². The number of benzene rings is 1. The largest absolute Gasteiger partial charge is 0.474 e. The second-order valence-electron chi connectivity index (χ2n) is 7.22. The van der Waals surface area contributed by atoms with Crippen molar-refractivity contribution in [1.82, 2.24) is 10.3 Å². The minimum absolute atomic E-state index is 0.187. The molecule has 0 spiro atoms. The van der Waals surface area contributed by atoms with Gasteiger partial charge in [0, 0.05) is 30.1 Å². The molecule has 4 rings (SSSR count). The molecule has 2 N–H and O–H groups in total. The summed E-state index contributed by atoms with van der Waals surface area (Å²) in [6, 6.07) is 14.2. The SMILES string of the molecule is O=C(NCc1ccc(OC2CCCC2)nc1)c1cccc(NC(=O)c2cccs2)c1. The van der Waals surface area contributed by atoms with E-state index in [-0.39, 0.29) is 17.9 Å². The van der Waals surface area contributed by atoms with E-state index in [0.29, 0.717) is 28.6 Å². The van der Waals surface area contributed by atoms with Crippen molar-refractivity contribution in [3.8, 4) is 5.88 Å². The van der Waals surface area contributed by atoms with Gasteiger partial charge in [-0.05, 0) is 60.9 Å². The molecule has 3 aromatic rings. The van der Waals surface area contributed by atoms with Crippen LogP contribution >= 0.6 is 11.3 Å². The van der Waals surface area contributed by atoms with Crippen molar-refractivity contribution < 1.29 is 14.3 Å². The summed E-state index contributed by atoms with van der Waals surface area (Å²) in [6.07, 6.45) is 6.61. The number of ether oxygens (including phenoxy) is 1. The standard InChI is InChI=1S/C23H23N3O3S/c27-22(17-5-3-6-18(13-17)26-23(28)20-9-4-12-30-20)25-15-16-10-11-21(24-14-16)29-19-7-1-2-8-19/h3-6,9-14,19H,1-2,7-8,15H2,(H,25,27)(H,26,28). The highest BCUT2D eigenvalue weighted by Crippen LogP contribution is 2.23. The number of anilines is 1. The molecule has 30 heavy (non-hydrogen) atoms. The van der Waals surface area contributed by atoms with Crippen LogP contribution in [-0.2, 0) is 6.54 Å². The molecule has 0 aliphatic heterocycles. The first-order chi connectivity index (χ1) is 14.7. The summed E-state index contributed by atoms with van der Waals surface area (Å²) in [5.74, 6) is 0.230. The normalized spacial score (nSPS) is 13.7. The average molecular weight is 422 g/mol. The van der Waals surface area contributed by atoms with Crippen LogP contribution in [0.5, 0.6) is 5.88 Å². The third-order valence-electron chi connectivity index (χ3n) is 4.97. The molecule has 2 heterocycles. The maximum absolute atomic E-state index is 12.5. The smallest absolute Gasteiger partial charge is 0.265 e. The number of hydrogen-bond acceptors (Lipinski definition) is 5. The number of aromatic nitrogens is 1. The zero-order valence-electron chi connectivity index (χ0n) is 16.5. The van der Waals surface area contributed by atoms with Crippen molar-refractivity contribution in [1.29, 1.82) is 0 Å². The van der Waals surface area contributed by atoms with Crippen LogP contribution in [-0.4, -0.2) is 22.9 Å². The molecule has 0 unspecified atom stereocenters. The highest BCUT2D eigenvalue weighted by Gasteiger charge is 2.17. The van der Waals surface area contributed by atoms with Gasteiger partial charge in [0.25, 0.3) is 11.8 Å². The summed E-state index contributed by atoms with van der Waals surface area (Å²) in [5.41, 5.74) is 1.95. The zero-order valence-corrected chi connectivity index (χ0v) is 17.3. The molecule has 2 aromatic heterocycles. The quantitative estimate of drug-likeness (QED) is 0.582. The molecule has 154 valence electrons. The van der Waals surface area contributed by atoms with Crippen LogP contribution in [0, 0.1) is 0 Å². The molecule has 2 amide bonds. The van der Waals surface area contributed by atoms with Crippen LogP contribution in [0.15, 0.2) is 60.1 Å². The van der Waals surface area contributed by atoms with E-state index in [1.54, 1.807) is 36.5 Å². The predicted octanol–water partition coefficient (Wildman–Crippen LogP) is 4.65. The number of thiophene rings is 1. The van der Waals surface area contributed by atoms with Gasteiger partial charge in [-0.2, -0.15) is 0 Å². The van der Waals surface area contributed by atoms with E-state index in [9.17, 15) is 9.59 Å². The lowest BCUT2D eigenvalue weighted by Gasteiger charge is -2.12. The molecule has 1 aliphatic rings. The zero-order chi connectivity index (χ0) is 20.8. The molecule has 1 fully saturated rings. The Morgan fingerprint density at radius 2 is 1.93 bits per heavy atom. The molecule has 1 saturated carbocycles. The number of nitrogens with zero attached hydrogens (tertiary/aromatic N) is 1. The average Bonchev–Trinajstić information content (AvgIpc) is 3.48.